The van der Waals surface area contributed by atoms with Crippen molar-refractivity contribution < 1.29 is 9.53 Å². The van der Waals surface area contributed by atoms with Gasteiger partial charge in [0.15, 0.2) is 0 Å². The predicted octanol–water partition coefficient (Wildman–Crippen LogP) is 4.25. The second kappa shape index (κ2) is 8.47. The van der Waals surface area contributed by atoms with Crippen molar-refractivity contribution >= 4 is 23.5 Å². The quantitative estimate of drug-likeness (QED) is 0.710. The van der Waals surface area contributed by atoms with Gasteiger partial charge in [-0.25, -0.2) is 0 Å². The molecule has 2 aliphatic rings. The second-order valence-electron chi connectivity index (χ2n) is 7.52. The Morgan fingerprint density at radius 3 is 2.64 bits per heavy atom. The zero-order valence-electron chi connectivity index (χ0n) is 16.2. The Bertz CT molecular complexity index is 881. The van der Waals surface area contributed by atoms with E-state index < -0.39 is 0 Å². The highest BCUT2D eigenvalue weighted by Gasteiger charge is 2.32. The molecule has 1 aromatic carbocycles. The van der Waals surface area contributed by atoms with Crippen molar-refractivity contribution in [2.45, 2.75) is 56.7 Å². The van der Waals surface area contributed by atoms with Gasteiger partial charge in [0.1, 0.15) is 11.6 Å². The maximum absolute atomic E-state index is 12.9. The topological polar surface area (TPSA) is 76.1 Å². The molecule has 28 heavy (non-hydrogen) atoms. The summed E-state index contributed by atoms with van der Waals surface area (Å²) >= 11 is 1.50. The third kappa shape index (κ3) is 3.85. The molecule has 0 saturated heterocycles. The number of aromatic amines is 1. The molecule has 1 saturated carbocycles. The number of anilines is 1. The van der Waals surface area contributed by atoms with Gasteiger partial charge in [-0.05, 0) is 37.0 Å². The first-order chi connectivity index (χ1) is 13.7. The number of carbonyl (C=O) groups is 1. The summed E-state index contributed by atoms with van der Waals surface area (Å²) in [5.74, 6) is 1.76. The van der Waals surface area contributed by atoms with Crippen LogP contribution in [-0.4, -0.2) is 28.0 Å². The van der Waals surface area contributed by atoms with Crippen LogP contribution in [0.1, 0.15) is 67.9 Å². The largest absolute Gasteiger partial charge is 0.494 e. The monoisotopic (exact) mass is 401 g/mol. The smallest absolute Gasteiger partial charge is 0.270 e. The molecule has 1 amide bonds. The molecule has 1 atom stereocenters. The number of hydrogen-bond acceptors (Lipinski definition) is 4. The van der Waals surface area contributed by atoms with Crippen molar-refractivity contribution in [1.29, 1.82) is 0 Å². The van der Waals surface area contributed by atoms with E-state index in [0.29, 0.717) is 23.7 Å². The summed E-state index contributed by atoms with van der Waals surface area (Å²) in [4.78, 5) is 25.2. The number of hydrogen-bond donors (Lipinski definition) is 2. The number of ether oxygens (including phenoxy) is 1. The molecule has 150 valence electrons. The molecule has 0 bridgehead atoms. The average molecular weight is 402 g/mol. The van der Waals surface area contributed by atoms with E-state index in [0.717, 1.165) is 49.8 Å². The van der Waals surface area contributed by atoms with Crippen LogP contribution in [-0.2, 0) is 4.79 Å². The first kappa shape index (κ1) is 19.2. The number of rotatable bonds is 6. The Morgan fingerprint density at radius 2 is 1.93 bits per heavy atom. The zero-order valence-corrected chi connectivity index (χ0v) is 17.0. The van der Waals surface area contributed by atoms with E-state index in [-0.39, 0.29) is 22.8 Å². The first-order valence-corrected chi connectivity index (χ1v) is 11.2. The van der Waals surface area contributed by atoms with Crippen LogP contribution in [0.3, 0.4) is 0 Å². The third-order valence-electron chi connectivity index (χ3n) is 5.50. The van der Waals surface area contributed by atoms with E-state index in [1.165, 1.54) is 11.8 Å². The summed E-state index contributed by atoms with van der Waals surface area (Å²) in [6.07, 6.45) is 6.52. The van der Waals surface area contributed by atoms with Gasteiger partial charge in [0.25, 0.3) is 5.56 Å². The van der Waals surface area contributed by atoms with Gasteiger partial charge in [0, 0.05) is 0 Å². The van der Waals surface area contributed by atoms with Gasteiger partial charge in [0.2, 0.25) is 5.91 Å². The predicted molar refractivity (Wildman–Crippen MR) is 112 cm³/mol. The minimum atomic E-state index is -0.176. The highest BCUT2D eigenvalue weighted by molar-refractivity contribution is 8.00. The van der Waals surface area contributed by atoms with Crippen LogP contribution in [0.5, 0.6) is 5.75 Å². The van der Waals surface area contributed by atoms with Crippen LogP contribution >= 0.6 is 11.8 Å². The number of nitrogens with zero attached hydrogens (tertiary/aromatic N) is 1. The van der Waals surface area contributed by atoms with Gasteiger partial charge >= 0.3 is 0 Å². The van der Waals surface area contributed by atoms with E-state index in [1.54, 1.807) is 0 Å². The fourth-order valence-electron chi connectivity index (χ4n) is 4.02. The van der Waals surface area contributed by atoms with Crippen molar-refractivity contribution in [3.63, 3.8) is 0 Å². The third-order valence-corrected chi connectivity index (χ3v) is 6.77. The van der Waals surface area contributed by atoms with Crippen LogP contribution in [0.4, 0.5) is 5.82 Å². The van der Waals surface area contributed by atoms with E-state index in [9.17, 15) is 9.59 Å². The molecule has 0 spiro atoms. The Balaban J connectivity index is 1.65. The molecule has 4 rings (SSSR count). The summed E-state index contributed by atoms with van der Waals surface area (Å²) in [6.45, 7) is 2.85. The zero-order chi connectivity index (χ0) is 19.5. The highest BCUT2D eigenvalue weighted by atomic mass is 32.2. The van der Waals surface area contributed by atoms with Gasteiger partial charge in [0.05, 0.1) is 29.2 Å². The number of nitrogens with one attached hydrogen (secondary N) is 2. The minimum absolute atomic E-state index is 0.0565. The van der Waals surface area contributed by atoms with Crippen LogP contribution < -0.4 is 15.6 Å². The van der Waals surface area contributed by atoms with Crippen molar-refractivity contribution in [3.05, 3.63) is 45.7 Å². The molecule has 1 fully saturated rings. The highest BCUT2D eigenvalue weighted by Crippen LogP contribution is 2.42. The van der Waals surface area contributed by atoms with Gasteiger partial charge in [-0.3, -0.25) is 19.4 Å². The Morgan fingerprint density at radius 1 is 1.18 bits per heavy atom. The van der Waals surface area contributed by atoms with Gasteiger partial charge in [-0.15, -0.1) is 11.8 Å². The van der Waals surface area contributed by atoms with Crippen LogP contribution in [0.15, 0.2) is 29.1 Å². The fraction of sp³-hybridized carbons (Fsp3) is 0.524. The summed E-state index contributed by atoms with van der Waals surface area (Å²) in [5, 5.41) is 5.80. The number of H-pyrrole nitrogens is 1. The number of amides is 1. The van der Waals surface area contributed by atoms with E-state index in [1.807, 2.05) is 28.9 Å². The molecular weight excluding hydrogens is 374 g/mol. The molecule has 2 N–H and O–H groups in total. The van der Waals surface area contributed by atoms with Crippen LogP contribution in [0.2, 0.25) is 0 Å². The fourth-order valence-corrected chi connectivity index (χ4v) is 5.14. The Labute approximate surface area is 169 Å². The number of aromatic nitrogens is 2. The minimum Gasteiger partial charge on any atom is -0.494 e. The number of unbranched alkanes of at least 4 members (excludes halogenated alkanes) is 1. The maximum atomic E-state index is 12.9. The molecule has 0 radical (unpaired) electrons. The average Bonchev–Trinajstić information content (AvgIpc) is 3.28. The SMILES string of the molecule is CCCCOc1ccc(C2SCC(=O)Nc3c2c(=O)[nH]n3C2CCCC2)cc1. The summed E-state index contributed by atoms with van der Waals surface area (Å²) in [6, 6.07) is 8.17. The van der Waals surface area contributed by atoms with E-state index >= 15 is 0 Å². The lowest BCUT2D eigenvalue weighted by Gasteiger charge is -2.17. The molecule has 6 nitrogen and oxygen atoms in total. The summed E-state index contributed by atoms with van der Waals surface area (Å²) in [5.41, 5.74) is 1.56. The Kier molecular flexibility index (Phi) is 5.80. The molecule has 1 unspecified atom stereocenters. The lowest BCUT2D eigenvalue weighted by Crippen LogP contribution is -2.18. The van der Waals surface area contributed by atoms with Gasteiger partial charge in [-0.1, -0.05) is 38.3 Å². The van der Waals surface area contributed by atoms with Crippen LogP contribution in [0.25, 0.3) is 0 Å². The Hall–Kier alpha value is -2.15. The molecule has 7 heteroatoms. The van der Waals surface area contributed by atoms with Crippen molar-refractivity contribution in [3.8, 4) is 5.75 Å². The number of carbonyl (C=O) groups excluding carboxylic acids is 1. The van der Waals surface area contributed by atoms with Gasteiger partial charge < -0.3 is 10.1 Å². The number of thioether (sulfide) groups is 1. The van der Waals surface area contributed by atoms with E-state index in [2.05, 4.69) is 17.3 Å². The normalized spacial score (nSPS) is 19.9. The molecule has 1 aliphatic heterocycles. The molecular formula is C21H27N3O3S. The standard InChI is InChI=1S/C21H27N3O3S/c1-2-3-12-27-16-10-8-14(9-11-16)19-18-20(22-17(25)13-28-19)24(23-21(18)26)15-6-4-5-7-15/h8-11,15,19H,2-7,12-13H2,1H3,(H,22,25)(H,23,26). The number of benzene rings is 1. The second-order valence-corrected chi connectivity index (χ2v) is 8.62. The van der Waals surface area contributed by atoms with Crippen molar-refractivity contribution in [2.75, 3.05) is 17.7 Å². The molecule has 2 heterocycles. The molecule has 2 aromatic rings. The lowest BCUT2D eigenvalue weighted by molar-refractivity contribution is -0.113. The summed E-state index contributed by atoms with van der Waals surface area (Å²) < 4.78 is 7.66. The molecule has 1 aromatic heterocycles. The first-order valence-electron chi connectivity index (χ1n) is 10.2. The molecule has 1 aliphatic carbocycles. The van der Waals surface area contributed by atoms with Crippen molar-refractivity contribution in [1.82, 2.24) is 9.78 Å². The van der Waals surface area contributed by atoms with Gasteiger partial charge in [-0.2, -0.15) is 0 Å². The van der Waals surface area contributed by atoms with E-state index in [4.69, 9.17) is 4.74 Å². The number of fused-ring (bicyclic) bond motifs is 1. The van der Waals surface area contributed by atoms with Crippen LogP contribution in [0, 0.1) is 0 Å². The summed E-state index contributed by atoms with van der Waals surface area (Å²) in [7, 11) is 0. The maximum Gasteiger partial charge on any atom is 0.270 e. The lowest BCUT2D eigenvalue weighted by atomic mass is 10.1. The van der Waals surface area contributed by atoms with Crippen molar-refractivity contribution in [2.24, 2.45) is 0 Å².